The average molecular weight is 651 g/mol. The summed E-state index contributed by atoms with van der Waals surface area (Å²) in [6, 6.07) is 0. The van der Waals surface area contributed by atoms with E-state index in [0.717, 1.165) is 6.92 Å². The van der Waals surface area contributed by atoms with E-state index in [1.807, 2.05) is 13.8 Å². The van der Waals surface area contributed by atoms with Crippen LogP contribution in [0.2, 0.25) is 0 Å². The highest BCUT2D eigenvalue weighted by Crippen LogP contribution is 2.38. The maximum Gasteiger partial charge on any atom is 0.309 e. The number of carbonyl (C=O) groups excluding carboxylic acids is 4. The van der Waals surface area contributed by atoms with Crippen LogP contribution in [0.5, 0.6) is 0 Å². The summed E-state index contributed by atoms with van der Waals surface area (Å²) in [5, 5.41) is 42.2. The fraction of sp³-hybridized carbons (Fsp3) is 0.867. The molecule has 0 aliphatic carbocycles. The molecule has 2 fully saturated rings. The minimum absolute atomic E-state index is 0.0341. The Bertz CT molecular complexity index is 990. The van der Waals surface area contributed by atoms with Crippen molar-refractivity contribution in [1.82, 2.24) is 0 Å². The summed E-state index contributed by atoms with van der Waals surface area (Å²) >= 11 is 0. The monoisotopic (exact) mass is 650 g/mol. The van der Waals surface area contributed by atoms with Gasteiger partial charge in [0.1, 0.15) is 37.6 Å². The lowest BCUT2D eigenvalue weighted by molar-refractivity contribution is -0.384. The maximum atomic E-state index is 13.1. The van der Waals surface area contributed by atoms with E-state index in [0.29, 0.717) is 19.3 Å². The van der Waals surface area contributed by atoms with Gasteiger partial charge in [0.05, 0.1) is 18.4 Å². The zero-order chi connectivity index (χ0) is 34.1. The molecule has 12 atom stereocenters. The largest absolute Gasteiger partial charge is 0.463 e. The maximum absolute atomic E-state index is 13.1. The van der Waals surface area contributed by atoms with Gasteiger partial charge in [-0.2, -0.15) is 0 Å². The van der Waals surface area contributed by atoms with Gasteiger partial charge in [0.15, 0.2) is 18.3 Å². The summed E-state index contributed by atoms with van der Waals surface area (Å²) in [5.74, 6) is -6.57. The number of carbonyl (C=O) groups is 4. The van der Waals surface area contributed by atoms with E-state index >= 15 is 0 Å². The van der Waals surface area contributed by atoms with Crippen molar-refractivity contribution in [1.29, 1.82) is 0 Å². The van der Waals surface area contributed by atoms with Crippen molar-refractivity contribution in [3.8, 4) is 0 Å². The molecule has 0 aromatic heterocycles. The first-order valence-electron chi connectivity index (χ1n) is 15.5. The Morgan fingerprint density at radius 2 is 1.40 bits per heavy atom. The van der Waals surface area contributed by atoms with Crippen molar-refractivity contribution in [2.75, 3.05) is 19.8 Å². The van der Waals surface area contributed by atoms with Crippen LogP contribution in [0.1, 0.15) is 74.1 Å². The Morgan fingerprint density at radius 1 is 0.822 bits per heavy atom. The Balaban J connectivity index is 2.60. The highest BCUT2D eigenvalue weighted by molar-refractivity contribution is 5.73. The van der Waals surface area contributed by atoms with Gasteiger partial charge in [0.2, 0.25) is 12.1 Å². The minimum atomic E-state index is -2.42. The molecule has 4 N–H and O–H groups in total. The summed E-state index contributed by atoms with van der Waals surface area (Å²) in [6.45, 7) is 9.22. The number of ether oxygens (including phenoxy) is 7. The van der Waals surface area contributed by atoms with E-state index < -0.39 is 110 Å². The van der Waals surface area contributed by atoms with Crippen molar-refractivity contribution in [3.63, 3.8) is 0 Å². The van der Waals surface area contributed by atoms with E-state index in [4.69, 9.17) is 33.2 Å². The molecule has 2 rings (SSSR count). The second-order valence-corrected chi connectivity index (χ2v) is 11.8. The lowest BCUT2D eigenvalue weighted by atomic mass is 9.96. The SMILES string of the molecule is CCC(C)CC(=O)O[C@@H]1[C@@H](OC(=O)C(C)CC)[C@@H](O[C@]2(CO)O[C@H](COC(C)=O)[C@@H](O)[C@@H]2O)O[C@H](CO)[C@H]1OC(=O)C(C)CC. The topological polar surface area (TPSA) is 214 Å². The quantitative estimate of drug-likeness (QED) is 0.131. The van der Waals surface area contributed by atoms with E-state index in [9.17, 15) is 39.6 Å². The van der Waals surface area contributed by atoms with Crippen LogP contribution in [-0.4, -0.2) is 119 Å². The van der Waals surface area contributed by atoms with Gasteiger partial charge in [-0.3, -0.25) is 19.2 Å². The third kappa shape index (κ3) is 9.80. The highest BCUT2D eigenvalue weighted by atomic mass is 16.8. The molecule has 15 heteroatoms. The molecule has 45 heavy (non-hydrogen) atoms. The molecule has 2 saturated heterocycles. The standard InChI is InChI=1S/C30H50O15/c1-8-15(4)11-21(34)41-24-23(42-27(37)16(5)9-2)19(12-31)40-29(25(24)43-28(38)17(6)10-3)45-30(14-32)26(36)22(35)20(44-30)13-39-18(7)33/h15-17,19-20,22-26,29,31-32,35-36H,8-14H2,1-7H3/t15?,16?,17?,19-,20-,22-,23-,24+,25-,26+,29-,30+/m1/s1. The summed E-state index contributed by atoms with van der Waals surface area (Å²) in [7, 11) is 0. The molecule has 2 aliphatic heterocycles. The van der Waals surface area contributed by atoms with Gasteiger partial charge in [-0.05, 0) is 18.8 Å². The first-order valence-corrected chi connectivity index (χ1v) is 15.5. The van der Waals surface area contributed by atoms with Crippen LogP contribution >= 0.6 is 0 Å². The normalized spacial score (nSPS) is 33.5. The molecule has 0 spiro atoms. The lowest BCUT2D eigenvalue weighted by Gasteiger charge is -2.46. The second kappa shape index (κ2) is 17.5. The Labute approximate surface area is 263 Å². The minimum Gasteiger partial charge on any atom is -0.463 e. The molecule has 3 unspecified atom stereocenters. The molecule has 0 aromatic carbocycles. The predicted octanol–water partition coefficient (Wildman–Crippen LogP) is 0.356. The molecule has 15 nitrogen and oxygen atoms in total. The molecule has 0 aromatic rings. The van der Waals surface area contributed by atoms with Crippen molar-refractivity contribution >= 4 is 23.9 Å². The summed E-state index contributed by atoms with van der Waals surface area (Å²) in [4.78, 5) is 50.5. The van der Waals surface area contributed by atoms with Crippen LogP contribution in [0.3, 0.4) is 0 Å². The Hall–Kier alpha value is -2.40. The van der Waals surface area contributed by atoms with Crippen molar-refractivity contribution in [3.05, 3.63) is 0 Å². The van der Waals surface area contributed by atoms with Gasteiger partial charge in [0, 0.05) is 13.3 Å². The van der Waals surface area contributed by atoms with Gasteiger partial charge in [-0.15, -0.1) is 0 Å². The van der Waals surface area contributed by atoms with Crippen molar-refractivity contribution in [2.45, 2.75) is 129 Å². The summed E-state index contributed by atoms with van der Waals surface area (Å²) < 4.78 is 39.7. The molecular weight excluding hydrogens is 600 g/mol. The molecule has 260 valence electrons. The van der Waals surface area contributed by atoms with Crippen LogP contribution in [0.4, 0.5) is 0 Å². The van der Waals surface area contributed by atoms with Gasteiger partial charge in [0.25, 0.3) is 0 Å². The first-order chi connectivity index (χ1) is 21.2. The molecule has 0 radical (unpaired) electrons. The van der Waals surface area contributed by atoms with Crippen molar-refractivity contribution < 1.29 is 72.8 Å². The molecule has 0 saturated carbocycles. The smallest absolute Gasteiger partial charge is 0.309 e. The predicted molar refractivity (Wildman–Crippen MR) is 153 cm³/mol. The first kappa shape index (κ1) is 38.8. The average Bonchev–Trinajstić information content (AvgIpc) is 3.25. The van der Waals surface area contributed by atoms with Gasteiger partial charge < -0.3 is 53.6 Å². The van der Waals surface area contributed by atoms with Crippen molar-refractivity contribution in [2.24, 2.45) is 17.8 Å². The summed E-state index contributed by atoms with van der Waals surface area (Å²) in [6.07, 6.45) is -11.5. The molecule has 0 bridgehead atoms. The molecular formula is C30H50O15. The highest BCUT2D eigenvalue weighted by Gasteiger charge is 2.61. The third-order valence-electron chi connectivity index (χ3n) is 8.28. The van der Waals surface area contributed by atoms with Gasteiger partial charge in [-0.25, -0.2) is 0 Å². The Kier molecular flexibility index (Phi) is 15.1. The number of rotatable bonds is 16. The number of aliphatic hydroxyl groups is 4. The number of hydrogen-bond acceptors (Lipinski definition) is 15. The van der Waals surface area contributed by atoms with E-state index in [1.54, 1.807) is 27.7 Å². The van der Waals surface area contributed by atoms with Gasteiger partial charge in [-0.1, -0.05) is 48.0 Å². The van der Waals surface area contributed by atoms with Crippen LogP contribution < -0.4 is 0 Å². The zero-order valence-electron chi connectivity index (χ0n) is 27.1. The van der Waals surface area contributed by atoms with Crippen LogP contribution in [-0.2, 0) is 52.3 Å². The van der Waals surface area contributed by atoms with E-state index in [2.05, 4.69) is 0 Å². The van der Waals surface area contributed by atoms with Crippen LogP contribution in [0.25, 0.3) is 0 Å². The van der Waals surface area contributed by atoms with E-state index in [-0.39, 0.29) is 12.3 Å². The van der Waals surface area contributed by atoms with Crippen LogP contribution in [0, 0.1) is 17.8 Å². The molecule has 2 heterocycles. The number of esters is 4. The molecule has 0 amide bonds. The van der Waals surface area contributed by atoms with Crippen LogP contribution in [0.15, 0.2) is 0 Å². The zero-order valence-corrected chi connectivity index (χ0v) is 27.1. The summed E-state index contributed by atoms with van der Waals surface area (Å²) in [5.41, 5.74) is 0. The number of aliphatic hydroxyl groups excluding tert-OH is 4. The fourth-order valence-electron chi connectivity index (χ4n) is 4.64. The Morgan fingerprint density at radius 3 is 1.89 bits per heavy atom. The van der Waals surface area contributed by atoms with Gasteiger partial charge >= 0.3 is 23.9 Å². The fourth-order valence-corrected chi connectivity index (χ4v) is 4.64. The second-order valence-electron chi connectivity index (χ2n) is 11.8. The third-order valence-corrected chi connectivity index (χ3v) is 8.28. The van der Waals surface area contributed by atoms with E-state index in [1.165, 1.54) is 0 Å². The number of hydrogen-bond donors (Lipinski definition) is 4. The molecule has 2 aliphatic rings. The lowest BCUT2D eigenvalue weighted by Crippen LogP contribution is -2.65.